The van der Waals surface area contributed by atoms with Crippen LogP contribution in [0.3, 0.4) is 0 Å². The van der Waals surface area contributed by atoms with Crippen LogP contribution in [0.1, 0.15) is 22.7 Å². The number of ketones is 1. The number of aryl methyl sites for hydroxylation is 1. The first-order chi connectivity index (χ1) is 14.4. The van der Waals surface area contributed by atoms with Crippen molar-refractivity contribution in [2.45, 2.75) is 13.0 Å². The van der Waals surface area contributed by atoms with Gasteiger partial charge in [-0.3, -0.25) is 14.5 Å². The van der Waals surface area contributed by atoms with E-state index in [1.165, 1.54) is 23.1 Å². The van der Waals surface area contributed by atoms with Crippen LogP contribution in [0, 0.1) is 12.7 Å². The quantitative estimate of drug-likeness (QED) is 0.314. The summed E-state index contributed by atoms with van der Waals surface area (Å²) in [6, 6.07) is 18.5. The molecule has 0 aromatic heterocycles. The summed E-state index contributed by atoms with van der Waals surface area (Å²) in [7, 11) is 0. The van der Waals surface area contributed by atoms with E-state index in [0.717, 1.165) is 10.0 Å². The van der Waals surface area contributed by atoms with Gasteiger partial charge >= 0.3 is 0 Å². The third-order valence-electron chi connectivity index (χ3n) is 5.09. The monoisotopic (exact) mass is 465 g/mol. The molecule has 1 N–H and O–H groups in total. The molecule has 1 heterocycles. The molecule has 1 fully saturated rings. The van der Waals surface area contributed by atoms with Crippen molar-refractivity contribution in [1.29, 1.82) is 0 Å². The molecule has 4 rings (SSSR count). The molecule has 0 spiro atoms. The van der Waals surface area contributed by atoms with E-state index < -0.39 is 23.5 Å². The molecule has 0 radical (unpaired) electrons. The van der Waals surface area contributed by atoms with Gasteiger partial charge in [0.15, 0.2) is 0 Å². The number of hydrogen-bond donors (Lipinski definition) is 1. The van der Waals surface area contributed by atoms with Gasteiger partial charge in [0.1, 0.15) is 11.6 Å². The van der Waals surface area contributed by atoms with Gasteiger partial charge in [-0.25, -0.2) is 4.39 Å². The standard InChI is InChI=1S/C24H17BrFNO3/c1-14-10-11-18(13-19(14)25)27-21(16-8-5-9-17(26)12-16)20(23(29)24(27)30)22(28)15-6-3-2-4-7-15/h2-13,21,28H,1H3/t21-/m0/s1. The maximum atomic E-state index is 14.0. The van der Waals surface area contributed by atoms with E-state index in [1.54, 1.807) is 48.5 Å². The molecule has 6 heteroatoms. The molecule has 150 valence electrons. The van der Waals surface area contributed by atoms with Crippen molar-refractivity contribution in [3.8, 4) is 0 Å². The SMILES string of the molecule is Cc1ccc(N2C(=O)C(=O)C(=C(O)c3ccccc3)[C@@H]2c2cccc(F)c2)cc1Br. The molecule has 1 aliphatic heterocycles. The highest BCUT2D eigenvalue weighted by Gasteiger charge is 2.47. The van der Waals surface area contributed by atoms with Gasteiger partial charge in [-0.2, -0.15) is 0 Å². The van der Waals surface area contributed by atoms with Gasteiger partial charge < -0.3 is 5.11 Å². The topological polar surface area (TPSA) is 57.6 Å². The molecular formula is C24H17BrFNO3. The maximum absolute atomic E-state index is 14.0. The predicted molar refractivity (Wildman–Crippen MR) is 117 cm³/mol. The smallest absolute Gasteiger partial charge is 0.300 e. The summed E-state index contributed by atoms with van der Waals surface area (Å²) in [5.74, 6) is -2.39. The normalized spacial score (nSPS) is 18.1. The Balaban J connectivity index is 1.97. The molecule has 1 saturated heterocycles. The fourth-order valence-corrected chi connectivity index (χ4v) is 3.94. The molecule has 0 unspecified atom stereocenters. The molecule has 0 saturated carbocycles. The van der Waals surface area contributed by atoms with Crippen LogP contribution in [0.4, 0.5) is 10.1 Å². The number of aliphatic hydroxyl groups is 1. The van der Waals surface area contributed by atoms with Crippen LogP contribution in [0.15, 0.2) is 82.8 Å². The Morgan fingerprint density at radius 3 is 2.40 bits per heavy atom. The van der Waals surface area contributed by atoms with Crippen LogP contribution < -0.4 is 4.90 Å². The number of nitrogens with zero attached hydrogens (tertiary/aromatic N) is 1. The maximum Gasteiger partial charge on any atom is 0.300 e. The van der Waals surface area contributed by atoms with Crippen LogP contribution in [0.25, 0.3) is 5.76 Å². The minimum atomic E-state index is -0.962. The van der Waals surface area contributed by atoms with Crippen molar-refractivity contribution in [3.05, 3.63) is 105 Å². The van der Waals surface area contributed by atoms with Crippen molar-refractivity contribution in [2.24, 2.45) is 0 Å². The van der Waals surface area contributed by atoms with Crippen LogP contribution in [0.2, 0.25) is 0 Å². The number of carbonyl (C=O) groups is 2. The fraction of sp³-hybridized carbons (Fsp3) is 0.0833. The van der Waals surface area contributed by atoms with E-state index in [-0.39, 0.29) is 11.3 Å². The lowest BCUT2D eigenvalue weighted by Crippen LogP contribution is -2.29. The molecule has 1 amide bonds. The van der Waals surface area contributed by atoms with Gasteiger partial charge in [0, 0.05) is 15.7 Å². The Kier molecular flexibility index (Phi) is 5.26. The number of aliphatic hydroxyl groups excluding tert-OH is 1. The third-order valence-corrected chi connectivity index (χ3v) is 5.94. The highest BCUT2D eigenvalue weighted by molar-refractivity contribution is 9.10. The molecule has 30 heavy (non-hydrogen) atoms. The lowest BCUT2D eigenvalue weighted by molar-refractivity contribution is -0.132. The van der Waals surface area contributed by atoms with Gasteiger partial charge in [-0.1, -0.05) is 64.5 Å². The highest BCUT2D eigenvalue weighted by atomic mass is 79.9. The predicted octanol–water partition coefficient (Wildman–Crippen LogP) is 5.52. The zero-order valence-corrected chi connectivity index (χ0v) is 17.6. The van der Waals surface area contributed by atoms with E-state index in [1.807, 2.05) is 13.0 Å². The third kappa shape index (κ3) is 3.44. The number of hydrogen-bond acceptors (Lipinski definition) is 3. The zero-order valence-electron chi connectivity index (χ0n) is 16.0. The van der Waals surface area contributed by atoms with Gasteiger partial charge in [0.25, 0.3) is 11.7 Å². The molecule has 4 nitrogen and oxygen atoms in total. The second-order valence-corrected chi connectivity index (χ2v) is 7.88. The summed E-state index contributed by atoms with van der Waals surface area (Å²) in [4.78, 5) is 27.4. The summed E-state index contributed by atoms with van der Waals surface area (Å²) in [5.41, 5.74) is 2.15. The lowest BCUT2D eigenvalue weighted by atomic mass is 9.95. The number of benzene rings is 3. The number of Topliss-reactive ketones (excluding diaryl/α,β-unsaturated/α-hetero) is 1. The van der Waals surface area contributed by atoms with Gasteiger partial charge in [0.05, 0.1) is 11.6 Å². The number of anilines is 1. The summed E-state index contributed by atoms with van der Waals surface area (Å²) in [6.07, 6.45) is 0. The lowest BCUT2D eigenvalue weighted by Gasteiger charge is -2.26. The van der Waals surface area contributed by atoms with E-state index in [9.17, 15) is 19.1 Å². The van der Waals surface area contributed by atoms with E-state index in [2.05, 4.69) is 15.9 Å². The largest absolute Gasteiger partial charge is 0.507 e. The van der Waals surface area contributed by atoms with Crippen molar-refractivity contribution < 1.29 is 19.1 Å². The number of rotatable bonds is 3. The number of amides is 1. The van der Waals surface area contributed by atoms with Crippen LogP contribution in [-0.2, 0) is 9.59 Å². The van der Waals surface area contributed by atoms with Crippen molar-refractivity contribution in [2.75, 3.05) is 4.90 Å². The minimum Gasteiger partial charge on any atom is -0.507 e. The first kappa shape index (κ1) is 20.0. The van der Waals surface area contributed by atoms with Crippen LogP contribution in [0.5, 0.6) is 0 Å². The Morgan fingerprint density at radius 2 is 1.73 bits per heavy atom. The molecular weight excluding hydrogens is 449 g/mol. The van der Waals surface area contributed by atoms with Crippen molar-refractivity contribution >= 4 is 39.1 Å². The average Bonchev–Trinajstić information content (AvgIpc) is 3.01. The second-order valence-electron chi connectivity index (χ2n) is 7.02. The Hall–Kier alpha value is -3.25. The van der Waals surface area contributed by atoms with Crippen LogP contribution in [-0.4, -0.2) is 16.8 Å². The second kappa shape index (κ2) is 7.88. The van der Waals surface area contributed by atoms with Gasteiger partial charge in [0.2, 0.25) is 0 Å². The van der Waals surface area contributed by atoms with Crippen LogP contribution >= 0.6 is 15.9 Å². The van der Waals surface area contributed by atoms with Crippen molar-refractivity contribution in [1.82, 2.24) is 0 Å². The summed E-state index contributed by atoms with van der Waals surface area (Å²) >= 11 is 3.45. The average molecular weight is 466 g/mol. The highest BCUT2D eigenvalue weighted by Crippen LogP contribution is 2.42. The molecule has 1 aliphatic rings. The number of halogens is 2. The Morgan fingerprint density at radius 1 is 1.00 bits per heavy atom. The minimum absolute atomic E-state index is 0.0755. The zero-order chi connectivity index (χ0) is 21.4. The first-order valence-electron chi connectivity index (χ1n) is 9.26. The Bertz CT molecular complexity index is 1190. The number of carbonyl (C=O) groups excluding carboxylic acids is 2. The molecule has 0 aliphatic carbocycles. The summed E-state index contributed by atoms with van der Waals surface area (Å²) in [6.45, 7) is 1.90. The first-order valence-corrected chi connectivity index (χ1v) is 10.1. The molecule has 0 bridgehead atoms. The molecule has 3 aromatic rings. The summed E-state index contributed by atoms with van der Waals surface area (Å²) in [5, 5.41) is 10.9. The van der Waals surface area contributed by atoms with Gasteiger partial charge in [-0.05, 0) is 42.3 Å². The fourth-order valence-electron chi connectivity index (χ4n) is 3.57. The Labute approximate surface area is 181 Å². The van der Waals surface area contributed by atoms with E-state index in [0.29, 0.717) is 16.8 Å². The summed E-state index contributed by atoms with van der Waals surface area (Å²) < 4.78 is 14.8. The molecule has 1 atom stereocenters. The van der Waals surface area contributed by atoms with E-state index >= 15 is 0 Å². The van der Waals surface area contributed by atoms with Gasteiger partial charge in [-0.15, -0.1) is 0 Å². The molecule has 3 aromatic carbocycles. The van der Waals surface area contributed by atoms with E-state index in [4.69, 9.17) is 0 Å². The van der Waals surface area contributed by atoms with Crippen molar-refractivity contribution in [3.63, 3.8) is 0 Å².